The van der Waals surface area contributed by atoms with Crippen LogP contribution in [0.15, 0.2) is 42.5 Å². The molecule has 7 heteroatoms. The zero-order chi connectivity index (χ0) is 20.3. The molecule has 0 aliphatic carbocycles. The van der Waals surface area contributed by atoms with E-state index in [1.807, 2.05) is 0 Å². The number of amides is 2. The molecule has 29 heavy (non-hydrogen) atoms. The SMILES string of the molecule is C[C@]12C(=O)N(Cc3ccc(F)cc3)CC(=O)N1CCc1c2[nH]c2ccc(F)cc12. The molecule has 2 aliphatic heterocycles. The first-order valence-corrected chi connectivity index (χ1v) is 9.53. The Labute approximate surface area is 165 Å². The van der Waals surface area contributed by atoms with E-state index in [4.69, 9.17) is 0 Å². The predicted molar refractivity (Wildman–Crippen MR) is 103 cm³/mol. The molecule has 0 unspecified atom stereocenters. The third kappa shape index (κ3) is 2.57. The summed E-state index contributed by atoms with van der Waals surface area (Å²) in [6.45, 7) is 2.35. The Morgan fingerprint density at radius 2 is 1.79 bits per heavy atom. The van der Waals surface area contributed by atoms with Crippen LogP contribution in [0.2, 0.25) is 0 Å². The normalized spacial score (nSPS) is 21.5. The van der Waals surface area contributed by atoms with Crippen LogP contribution in [-0.4, -0.2) is 39.7 Å². The van der Waals surface area contributed by atoms with Gasteiger partial charge in [-0.2, -0.15) is 0 Å². The van der Waals surface area contributed by atoms with E-state index in [1.54, 1.807) is 30.0 Å². The van der Waals surface area contributed by atoms with Gasteiger partial charge >= 0.3 is 0 Å². The molecule has 0 spiro atoms. The highest BCUT2D eigenvalue weighted by Crippen LogP contribution is 2.42. The third-order valence-electron chi connectivity index (χ3n) is 6.10. The molecule has 5 rings (SSSR count). The summed E-state index contributed by atoms with van der Waals surface area (Å²) in [4.78, 5) is 32.9. The summed E-state index contributed by atoms with van der Waals surface area (Å²) in [6, 6.07) is 10.4. The molecular formula is C22H19F2N3O2. The zero-order valence-corrected chi connectivity index (χ0v) is 15.8. The van der Waals surface area contributed by atoms with Crippen molar-refractivity contribution in [2.24, 2.45) is 0 Å². The number of piperazine rings is 1. The molecule has 5 nitrogen and oxygen atoms in total. The standard InChI is InChI=1S/C22H19F2N3O2/c1-22-20-16(17-10-15(24)6-7-18(17)25-20)8-9-27(22)19(28)12-26(21(22)29)11-13-2-4-14(23)5-3-13/h2-7,10,25H,8-9,11-12H2,1H3/t22-/m0/s1. The second-order valence-corrected chi connectivity index (χ2v) is 7.82. The number of fused-ring (bicyclic) bond motifs is 5. The van der Waals surface area contributed by atoms with Crippen LogP contribution in [0.4, 0.5) is 8.78 Å². The highest BCUT2D eigenvalue weighted by Gasteiger charge is 2.54. The van der Waals surface area contributed by atoms with E-state index in [1.165, 1.54) is 29.2 Å². The number of hydrogen-bond donors (Lipinski definition) is 1. The van der Waals surface area contributed by atoms with Gasteiger partial charge in [-0.05, 0) is 54.8 Å². The fourth-order valence-corrected chi connectivity index (χ4v) is 4.64. The molecule has 0 bridgehead atoms. The maximum atomic E-state index is 13.8. The Bertz CT molecular complexity index is 1150. The number of aromatic amines is 1. The van der Waals surface area contributed by atoms with Crippen molar-refractivity contribution in [1.29, 1.82) is 0 Å². The molecule has 0 radical (unpaired) electrons. The summed E-state index contributed by atoms with van der Waals surface area (Å²) in [6.07, 6.45) is 0.561. The summed E-state index contributed by atoms with van der Waals surface area (Å²) >= 11 is 0. The maximum absolute atomic E-state index is 13.8. The van der Waals surface area contributed by atoms with Gasteiger partial charge in [0.25, 0.3) is 5.91 Å². The number of halogens is 2. The molecule has 1 aromatic heterocycles. The van der Waals surface area contributed by atoms with E-state index in [-0.39, 0.29) is 36.5 Å². The van der Waals surface area contributed by atoms with E-state index >= 15 is 0 Å². The number of rotatable bonds is 2. The third-order valence-corrected chi connectivity index (χ3v) is 6.10. The Morgan fingerprint density at radius 1 is 1.07 bits per heavy atom. The smallest absolute Gasteiger partial charge is 0.255 e. The van der Waals surface area contributed by atoms with E-state index < -0.39 is 5.54 Å². The van der Waals surface area contributed by atoms with E-state index in [9.17, 15) is 18.4 Å². The van der Waals surface area contributed by atoms with Crippen LogP contribution in [0.25, 0.3) is 10.9 Å². The predicted octanol–water partition coefficient (Wildman–Crippen LogP) is 3.09. The molecule has 0 saturated carbocycles. The Kier molecular flexibility index (Phi) is 3.78. The van der Waals surface area contributed by atoms with Crippen molar-refractivity contribution in [2.75, 3.05) is 13.1 Å². The van der Waals surface area contributed by atoms with Crippen molar-refractivity contribution in [3.8, 4) is 0 Å². The van der Waals surface area contributed by atoms with Crippen LogP contribution in [0.3, 0.4) is 0 Å². The summed E-state index contributed by atoms with van der Waals surface area (Å²) in [5, 5.41) is 0.747. The highest BCUT2D eigenvalue weighted by molar-refractivity contribution is 6.00. The maximum Gasteiger partial charge on any atom is 0.255 e. The summed E-state index contributed by atoms with van der Waals surface area (Å²) < 4.78 is 27.0. The van der Waals surface area contributed by atoms with Gasteiger partial charge in [-0.3, -0.25) is 9.59 Å². The Hall–Kier alpha value is -3.22. The molecule has 148 valence electrons. The molecule has 1 atom stereocenters. The van der Waals surface area contributed by atoms with Crippen LogP contribution >= 0.6 is 0 Å². The molecule has 2 amide bonds. The molecule has 3 heterocycles. The monoisotopic (exact) mass is 395 g/mol. The number of nitrogens with zero attached hydrogens (tertiary/aromatic N) is 2. The highest BCUT2D eigenvalue weighted by atomic mass is 19.1. The van der Waals surface area contributed by atoms with Gasteiger partial charge in [0, 0.05) is 24.0 Å². The van der Waals surface area contributed by atoms with Gasteiger partial charge in [-0.15, -0.1) is 0 Å². The van der Waals surface area contributed by atoms with Gasteiger partial charge in [0.05, 0.1) is 5.69 Å². The number of carbonyl (C=O) groups excluding carboxylic acids is 2. The number of nitrogens with one attached hydrogen (secondary N) is 1. The first-order chi connectivity index (χ1) is 13.9. The van der Waals surface area contributed by atoms with Crippen LogP contribution in [-0.2, 0) is 28.1 Å². The number of aromatic nitrogens is 1. The van der Waals surface area contributed by atoms with E-state index in [2.05, 4.69) is 4.98 Å². The van der Waals surface area contributed by atoms with Crippen molar-refractivity contribution in [1.82, 2.24) is 14.8 Å². The van der Waals surface area contributed by atoms with Crippen LogP contribution in [0, 0.1) is 11.6 Å². The van der Waals surface area contributed by atoms with Crippen LogP contribution < -0.4 is 0 Å². The minimum absolute atomic E-state index is 0.0179. The van der Waals surface area contributed by atoms with E-state index in [0.717, 1.165) is 22.0 Å². The minimum atomic E-state index is -1.18. The topological polar surface area (TPSA) is 56.4 Å². The number of H-pyrrole nitrogens is 1. The number of carbonyl (C=O) groups is 2. The summed E-state index contributed by atoms with van der Waals surface area (Å²) in [5.74, 6) is -1.02. The quantitative estimate of drug-likeness (QED) is 0.725. The Balaban J connectivity index is 1.59. The van der Waals surface area contributed by atoms with E-state index in [0.29, 0.717) is 18.7 Å². The molecule has 2 aliphatic rings. The van der Waals surface area contributed by atoms with Crippen molar-refractivity contribution in [3.63, 3.8) is 0 Å². The van der Waals surface area contributed by atoms with Gasteiger partial charge in [0.2, 0.25) is 5.91 Å². The largest absolute Gasteiger partial charge is 0.356 e. The molecular weight excluding hydrogens is 376 g/mol. The zero-order valence-electron chi connectivity index (χ0n) is 15.8. The molecule has 1 N–H and O–H groups in total. The lowest BCUT2D eigenvalue weighted by Crippen LogP contribution is -2.66. The van der Waals surface area contributed by atoms with Gasteiger partial charge in [0.15, 0.2) is 5.54 Å². The first-order valence-electron chi connectivity index (χ1n) is 9.53. The van der Waals surface area contributed by atoms with Crippen LogP contribution in [0.5, 0.6) is 0 Å². The Morgan fingerprint density at radius 3 is 2.55 bits per heavy atom. The lowest BCUT2D eigenvalue weighted by atomic mass is 9.83. The average molecular weight is 395 g/mol. The molecule has 1 saturated heterocycles. The molecule has 3 aromatic rings. The second kappa shape index (κ2) is 6.14. The van der Waals surface area contributed by atoms with Gasteiger partial charge in [-0.1, -0.05) is 12.1 Å². The van der Waals surface area contributed by atoms with Crippen molar-refractivity contribution in [2.45, 2.75) is 25.4 Å². The number of benzene rings is 2. The summed E-state index contributed by atoms with van der Waals surface area (Å²) in [5.41, 5.74) is 1.84. The van der Waals surface area contributed by atoms with Crippen molar-refractivity contribution in [3.05, 3.63) is 70.9 Å². The van der Waals surface area contributed by atoms with Crippen molar-refractivity contribution < 1.29 is 18.4 Å². The van der Waals surface area contributed by atoms with Gasteiger partial charge in [-0.25, -0.2) is 8.78 Å². The van der Waals surface area contributed by atoms with Gasteiger partial charge in [0.1, 0.15) is 18.2 Å². The average Bonchev–Trinajstić information content (AvgIpc) is 3.07. The van der Waals surface area contributed by atoms with Gasteiger partial charge < -0.3 is 14.8 Å². The lowest BCUT2D eigenvalue weighted by molar-refractivity contribution is -0.166. The summed E-state index contributed by atoms with van der Waals surface area (Å²) in [7, 11) is 0. The molecule has 2 aromatic carbocycles. The fourth-order valence-electron chi connectivity index (χ4n) is 4.64. The first kappa shape index (κ1) is 17.8. The van der Waals surface area contributed by atoms with Crippen LogP contribution in [0.1, 0.15) is 23.7 Å². The van der Waals surface area contributed by atoms with Crippen molar-refractivity contribution >= 4 is 22.7 Å². The lowest BCUT2D eigenvalue weighted by Gasteiger charge is -2.49. The number of hydrogen-bond acceptors (Lipinski definition) is 2. The molecule has 1 fully saturated rings. The fraction of sp³-hybridized carbons (Fsp3) is 0.273. The minimum Gasteiger partial charge on any atom is -0.356 e. The second-order valence-electron chi connectivity index (χ2n) is 7.82.